The van der Waals surface area contributed by atoms with Crippen LogP contribution < -0.4 is 10.2 Å². The number of nitrogens with zero attached hydrogens (tertiary/aromatic N) is 2. The molecular weight excluding hydrogens is 314 g/mol. The highest BCUT2D eigenvalue weighted by atomic mass is 16.5. The van der Waals surface area contributed by atoms with E-state index in [1.807, 2.05) is 62.4 Å². The van der Waals surface area contributed by atoms with Gasteiger partial charge in [-0.3, -0.25) is 9.78 Å². The highest BCUT2D eigenvalue weighted by molar-refractivity contribution is 6.06. The third-order valence-electron chi connectivity index (χ3n) is 3.68. The molecule has 0 unspecified atom stereocenters. The third kappa shape index (κ3) is 3.83. The van der Waals surface area contributed by atoms with Crippen LogP contribution in [0.2, 0.25) is 0 Å². The Labute approximate surface area is 146 Å². The number of carbonyl (C=O) groups excluding carboxylic acids is 1. The zero-order valence-corrected chi connectivity index (χ0v) is 14.2. The molecule has 0 bridgehead atoms. The van der Waals surface area contributed by atoms with E-state index in [9.17, 15) is 4.79 Å². The first-order valence-electron chi connectivity index (χ1n) is 8.10. The number of rotatable bonds is 5. The highest BCUT2D eigenvalue weighted by Gasteiger charge is 2.11. The molecule has 3 aromatic rings. The SMILES string of the molecule is CCOc1ccccc1/C=N/NC(=O)c1cc(C)nc2ccccc12. The second kappa shape index (κ2) is 7.57. The second-order valence-electron chi connectivity index (χ2n) is 5.50. The zero-order valence-electron chi connectivity index (χ0n) is 14.2. The first-order valence-corrected chi connectivity index (χ1v) is 8.10. The van der Waals surface area contributed by atoms with E-state index in [4.69, 9.17) is 4.74 Å². The zero-order chi connectivity index (χ0) is 17.6. The summed E-state index contributed by atoms with van der Waals surface area (Å²) in [5.74, 6) is 0.458. The van der Waals surface area contributed by atoms with Gasteiger partial charge >= 0.3 is 0 Å². The largest absolute Gasteiger partial charge is 0.493 e. The molecule has 1 amide bonds. The molecule has 0 saturated heterocycles. The van der Waals surface area contributed by atoms with E-state index in [1.165, 1.54) is 0 Å². The van der Waals surface area contributed by atoms with Crippen LogP contribution in [0.15, 0.2) is 59.7 Å². The van der Waals surface area contributed by atoms with Crippen molar-refractivity contribution in [3.8, 4) is 5.75 Å². The fourth-order valence-electron chi connectivity index (χ4n) is 2.59. The summed E-state index contributed by atoms with van der Waals surface area (Å²) in [6.07, 6.45) is 1.58. The van der Waals surface area contributed by atoms with Crippen LogP contribution in [0.25, 0.3) is 10.9 Å². The number of nitrogens with one attached hydrogen (secondary N) is 1. The molecule has 3 rings (SSSR count). The van der Waals surface area contributed by atoms with Crippen LogP contribution in [0.1, 0.15) is 28.5 Å². The molecule has 2 aromatic carbocycles. The van der Waals surface area contributed by atoms with Gasteiger partial charge in [-0.25, -0.2) is 5.43 Å². The number of hydrazone groups is 1. The number of aryl methyl sites for hydroxylation is 1. The Balaban J connectivity index is 1.82. The van der Waals surface area contributed by atoms with Crippen LogP contribution in [0.5, 0.6) is 5.75 Å². The van der Waals surface area contributed by atoms with Crippen molar-refractivity contribution in [3.05, 3.63) is 71.4 Å². The highest BCUT2D eigenvalue weighted by Crippen LogP contribution is 2.18. The lowest BCUT2D eigenvalue weighted by atomic mass is 10.1. The lowest BCUT2D eigenvalue weighted by Gasteiger charge is -2.07. The standard InChI is InChI=1S/C20H19N3O2/c1-3-25-19-11-7-4-8-15(19)13-21-23-20(24)17-12-14(2)22-18-10-6-5-9-16(17)18/h4-13H,3H2,1-2H3,(H,23,24)/b21-13+. The molecule has 5 heteroatoms. The molecule has 0 fully saturated rings. The minimum atomic E-state index is -0.271. The van der Waals surface area contributed by atoms with Gasteiger partial charge in [0.1, 0.15) is 5.75 Å². The van der Waals surface area contributed by atoms with Crippen LogP contribution in [-0.2, 0) is 0 Å². The average Bonchev–Trinajstić information content (AvgIpc) is 2.62. The number of amides is 1. The summed E-state index contributed by atoms with van der Waals surface area (Å²) in [4.78, 5) is 17.0. The quantitative estimate of drug-likeness (QED) is 0.572. The summed E-state index contributed by atoms with van der Waals surface area (Å²) in [5, 5.41) is 4.87. The molecular formula is C20H19N3O2. The first kappa shape index (κ1) is 16.6. The van der Waals surface area contributed by atoms with E-state index in [1.54, 1.807) is 12.3 Å². The predicted octanol–water partition coefficient (Wildman–Crippen LogP) is 3.71. The average molecular weight is 333 g/mol. The minimum Gasteiger partial charge on any atom is -0.493 e. The summed E-state index contributed by atoms with van der Waals surface area (Å²) in [6.45, 7) is 4.36. The van der Waals surface area contributed by atoms with E-state index in [2.05, 4.69) is 15.5 Å². The van der Waals surface area contributed by atoms with Crippen LogP contribution in [0.3, 0.4) is 0 Å². The van der Waals surface area contributed by atoms with Gasteiger partial charge in [0.05, 0.1) is 23.9 Å². The van der Waals surface area contributed by atoms with Crippen molar-refractivity contribution in [2.45, 2.75) is 13.8 Å². The Kier molecular flexibility index (Phi) is 5.04. The van der Waals surface area contributed by atoms with Crippen molar-refractivity contribution in [1.29, 1.82) is 0 Å². The molecule has 0 aliphatic carbocycles. The molecule has 126 valence electrons. The fourth-order valence-corrected chi connectivity index (χ4v) is 2.59. The Morgan fingerprint density at radius 1 is 1.20 bits per heavy atom. The Morgan fingerprint density at radius 2 is 1.96 bits per heavy atom. The van der Waals surface area contributed by atoms with Crippen molar-refractivity contribution >= 4 is 23.0 Å². The van der Waals surface area contributed by atoms with E-state index in [0.29, 0.717) is 12.2 Å². The van der Waals surface area contributed by atoms with Gasteiger partial charge in [0.2, 0.25) is 0 Å². The van der Waals surface area contributed by atoms with Crippen molar-refractivity contribution in [2.75, 3.05) is 6.61 Å². The molecule has 1 aromatic heterocycles. The molecule has 1 heterocycles. The molecule has 0 spiro atoms. The number of hydrogen-bond donors (Lipinski definition) is 1. The fraction of sp³-hybridized carbons (Fsp3) is 0.150. The number of carbonyl (C=O) groups is 1. The van der Waals surface area contributed by atoms with Crippen LogP contribution in [-0.4, -0.2) is 23.7 Å². The van der Waals surface area contributed by atoms with Crippen molar-refractivity contribution in [2.24, 2.45) is 5.10 Å². The second-order valence-corrected chi connectivity index (χ2v) is 5.50. The van der Waals surface area contributed by atoms with Crippen LogP contribution in [0, 0.1) is 6.92 Å². The van der Waals surface area contributed by atoms with Crippen molar-refractivity contribution < 1.29 is 9.53 Å². The minimum absolute atomic E-state index is 0.271. The van der Waals surface area contributed by atoms with E-state index in [0.717, 1.165) is 27.9 Å². The number of pyridine rings is 1. The Hall–Kier alpha value is -3.21. The molecule has 25 heavy (non-hydrogen) atoms. The first-order chi connectivity index (χ1) is 12.2. The summed E-state index contributed by atoms with van der Waals surface area (Å²) in [6, 6.07) is 16.9. The molecule has 5 nitrogen and oxygen atoms in total. The third-order valence-corrected chi connectivity index (χ3v) is 3.68. The number of benzene rings is 2. The Bertz CT molecular complexity index is 935. The van der Waals surface area contributed by atoms with Gasteiger partial charge in [-0.15, -0.1) is 0 Å². The maximum absolute atomic E-state index is 12.5. The van der Waals surface area contributed by atoms with Gasteiger partial charge in [0, 0.05) is 16.6 Å². The predicted molar refractivity (Wildman–Crippen MR) is 99.2 cm³/mol. The Morgan fingerprint density at radius 3 is 2.80 bits per heavy atom. The normalized spacial score (nSPS) is 11.0. The molecule has 0 saturated carbocycles. The van der Waals surface area contributed by atoms with Gasteiger partial charge < -0.3 is 4.74 Å². The monoisotopic (exact) mass is 333 g/mol. The number of aromatic nitrogens is 1. The van der Waals surface area contributed by atoms with Gasteiger partial charge in [0.15, 0.2) is 0 Å². The number of fused-ring (bicyclic) bond motifs is 1. The van der Waals surface area contributed by atoms with E-state index >= 15 is 0 Å². The summed E-state index contributed by atoms with van der Waals surface area (Å²) in [7, 11) is 0. The van der Waals surface area contributed by atoms with E-state index < -0.39 is 0 Å². The summed E-state index contributed by atoms with van der Waals surface area (Å²) < 4.78 is 5.54. The van der Waals surface area contributed by atoms with Crippen molar-refractivity contribution in [1.82, 2.24) is 10.4 Å². The van der Waals surface area contributed by atoms with Crippen molar-refractivity contribution in [3.63, 3.8) is 0 Å². The van der Waals surface area contributed by atoms with Gasteiger partial charge in [-0.05, 0) is 38.1 Å². The number of ether oxygens (including phenoxy) is 1. The summed E-state index contributed by atoms with van der Waals surface area (Å²) in [5.41, 5.74) is 5.52. The van der Waals surface area contributed by atoms with Gasteiger partial charge in [-0.2, -0.15) is 5.10 Å². The molecule has 0 aliphatic rings. The number of para-hydroxylation sites is 2. The lowest BCUT2D eigenvalue weighted by Crippen LogP contribution is -2.18. The van der Waals surface area contributed by atoms with Crippen LogP contribution >= 0.6 is 0 Å². The van der Waals surface area contributed by atoms with Gasteiger partial charge in [0.25, 0.3) is 5.91 Å². The molecule has 0 aliphatic heterocycles. The van der Waals surface area contributed by atoms with Crippen LogP contribution in [0.4, 0.5) is 0 Å². The number of hydrogen-bond acceptors (Lipinski definition) is 4. The molecule has 0 radical (unpaired) electrons. The topological polar surface area (TPSA) is 63.6 Å². The maximum Gasteiger partial charge on any atom is 0.272 e. The lowest BCUT2D eigenvalue weighted by molar-refractivity contribution is 0.0956. The van der Waals surface area contributed by atoms with Gasteiger partial charge in [-0.1, -0.05) is 30.3 Å². The van der Waals surface area contributed by atoms with E-state index in [-0.39, 0.29) is 5.91 Å². The smallest absolute Gasteiger partial charge is 0.272 e. The summed E-state index contributed by atoms with van der Waals surface area (Å²) >= 11 is 0. The molecule has 1 N–H and O–H groups in total. The maximum atomic E-state index is 12.5. The molecule has 0 atom stereocenters.